The number of halogens is 2. The smallest absolute Gasteiger partial charge is 0.161 e. The van der Waals surface area contributed by atoms with E-state index in [0.29, 0.717) is 10.7 Å². The Morgan fingerprint density at radius 2 is 2.25 bits per heavy atom. The SMILES string of the molecule is CC1(C)CSC(Nc2ccc(Cl)cc2F)=N1. The zero-order chi connectivity index (χ0) is 11.8. The van der Waals surface area contributed by atoms with Crippen molar-refractivity contribution in [3.05, 3.63) is 29.0 Å². The first kappa shape index (κ1) is 11.7. The zero-order valence-electron chi connectivity index (χ0n) is 9.05. The molecule has 5 heteroatoms. The van der Waals surface area contributed by atoms with Gasteiger partial charge in [-0.05, 0) is 32.0 Å². The third kappa shape index (κ3) is 2.68. The summed E-state index contributed by atoms with van der Waals surface area (Å²) in [6.45, 7) is 4.10. The summed E-state index contributed by atoms with van der Waals surface area (Å²) in [6, 6.07) is 4.56. The predicted octanol–water partition coefficient (Wildman–Crippen LogP) is 3.77. The number of rotatable bonds is 1. The lowest BCUT2D eigenvalue weighted by Gasteiger charge is -2.09. The number of hydrogen-bond acceptors (Lipinski definition) is 3. The molecule has 1 aliphatic heterocycles. The monoisotopic (exact) mass is 258 g/mol. The Kier molecular flexibility index (Phi) is 3.13. The van der Waals surface area contributed by atoms with Crippen LogP contribution < -0.4 is 5.32 Å². The standard InChI is InChI=1S/C11H12ClFN2S/c1-11(2)6-16-10(15-11)14-9-4-3-7(12)5-8(9)13/h3-5H,6H2,1-2H3,(H,14,15). The van der Waals surface area contributed by atoms with Gasteiger partial charge in [0.15, 0.2) is 5.17 Å². The highest BCUT2D eigenvalue weighted by atomic mass is 35.5. The summed E-state index contributed by atoms with van der Waals surface area (Å²) in [5, 5.41) is 4.12. The molecule has 0 amide bonds. The topological polar surface area (TPSA) is 24.4 Å². The molecule has 0 spiro atoms. The van der Waals surface area contributed by atoms with E-state index in [1.807, 2.05) is 13.8 Å². The molecule has 1 aromatic carbocycles. The maximum absolute atomic E-state index is 13.5. The van der Waals surface area contributed by atoms with E-state index >= 15 is 0 Å². The van der Waals surface area contributed by atoms with Crippen LogP contribution in [0.15, 0.2) is 23.2 Å². The van der Waals surface area contributed by atoms with E-state index in [1.54, 1.807) is 23.9 Å². The van der Waals surface area contributed by atoms with Crippen molar-refractivity contribution >= 4 is 34.2 Å². The van der Waals surface area contributed by atoms with Crippen molar-refractivity contribution in [2.75, 3.05) is 11.1 Å². The molecule has 0 unspecified atom stereocenters. The number of nitrogens with zero attached hydrogens (tertiary/aromatic N) is 1. The first-order valence-corrected chi connectivity index (χ1v) is 6.27. The number of hydrogen-bond donors (Lipinski definition) is 1. The van der Waals surface area contributed by atoms with E-state index in [9.17, 15) is 4.39 Å². The van der Waals surface area contributed by atoms with Crippen molar-refractivity contribution in [2.45, 2.75) is 19.4 Å². The van der Waals surface area contributed by atoms with E-state index in [1.165, 1.54) is 6.07 Å². The van der Waals surface area contributed by atoms with Gasteiger partial charge in [-0.2, -0.15) is 0 Å². The molecule has 1 heterocycles. The fourth-order valence-electron chi connectivity index (χ4n) is 1.35. The molecule has 1 aromatic rings. The maximum atomic E-state index is 13.5. The van der Waals surface area contributed by atoms with Crippen molar-refractivity contribution in [2.24, 2.45) is 4.99 Å². The third-order valence-corrected chi connectivity index (χ3v) is 3.69. The lowest BCUT2D eigenvalue weighted by atomic mass is 10.1. The quantitative estimate of drug-likeness (QED) is 0.829. The highest BCUT2D eigenvalue weighted by molar-refractivity contribution is 8.14. The minimum Gasteiger partial charge on any atom is -0.333 e. The van der Waals surface area contributed by atoms with Crippen LogP contribution in [0.3, 0.4) is 0 Å². The number of amidine groups is 1. The summed E-state index contributed by atoms with van der Waals surface area (Å²) >= 11 is 7.27. The van der Waals surface area contributed by atoms with Gasteiger partial charge in [0.2, 0.25) is 0 Å². The molecule has 0 bridgehead atoms. The number of thioether (sulfide) groups is 1. The largest absolute Gasteiger partial charge is 0.333 e. The molecule has 0 saturated carbocycles. The van der Waals surface area contributed by atoms with Gasteiger partial charge in [0, 0.05) is 10.8 Å². The maximum Gasteiger partial charge on any atom is 0.161 e. The fourth-order valence-corrected chi connectivity index (χ4v) is 2.56. The number of anilines is 1. The first-order chi connectivity index (χ1) is 7.46. The normalized spacial score (nSPS) is 18.4. The van der Waals surface area contributed by atoms with Crippen molar-refractivity contribution in [1.29, 1.82) is 0 Å². The van der Waals surface area contributed by atoms with Gasteiger partial charge >= 0.3 is 0 Å². The summed E-state index contributed by atoms with van der Waals surface area (Å²) < 4.78 is 13.5. The molecule has 0 radical (unpaired) electrons. The molecule has 0 atom stereocenters. The van der Waals surface area contributed by atoms with Gasteiger partial charge < -0.3 is 5.32 Å². The van der Waals surface area contributed by atoms with Crippen LogP contribution in [0.2, 0.25) is 5.02 Å². The van der Waals surface area contributed by atoms with Crippen LogP contribution in [0.25, 0.3) is 0 Å². The highest BCUT2D eigenvalue weighted by Crippen LogP contribution is 2.28. The van der Waals surface area contributed by atoms with Crippen LogP contribution >= 0.6 is 23.4 Å². The molecule has 0 aliphatic carbocycles. The molecule has 2 nitrogen and oxygen atoms in total. The molecule has 86 valence electrons. The van der Waals surface area contributed by atoms with Crippen molar-refractivity contribution in [3.63, 3.8) is 0 Å². The van der Waals surface area contributed by atoms with Crippen molar-refractivity contribution in [1.82, 2.24) is 0 Å². The Labute approximate surface area is 103 Å². The second kappa shape index (κ2) is 4.26. The average molecular weight is 259 g/mol. The first-order valence-electron chi connectivity index (χ1n) is 4.91. The van der Waals surface area contributed by atoms with Crippen LogP contribution in [-0.2, 0) is 0 Å². The molecule has 0 aromatic heterocycles. The molecule has 1 aliphatic rings. The van der Waals surface area contributed by atoms with Crippen molar-refractivity contribution in [3.8, 4) is 0 Å². The van der Waals surface area contributed by atoms with E-state index in [4.69, 9.17) is 11.6 Å². The van der Waals surface area contributed by atoms with Gasteiger partial charge in [-0.1, -0.05) is 23.4 Å². The van der Waals surface area contributed by atoms with E-state index in [-0.39, 0.29) is 11.4 Å². The lowest BCUT2D eigenvalue weighted by Crippen LogP contribution is -2.15. The Morgan fingerprint density at radius 1 is 1.50 bits per heavy atom. The van der Waals surface area contributed by atoms with Gasteiger partial charge in [-0.25, -0.2) is 4.39 Å². The van der Waals surface area contributed by atoms with E-state index in [0.717, 1.165) is 10.9 Å². The van der Waals surface area contributed by atoms with Gasteiger partial charge in [0.05, 0.1) is 11.2 Å². The second-order valence-corrected chi connectivity index (χ2v) is 5.67. The molecular weight excluding hydrogens is 247 g/mol. The molecule has 0 saturated heterocycles. The molecule has 2 rings (SSSR count). The van der Waals surface area contributed by atoms with Crippen molar-refractivity contribution < 1.29 is 4.39 Å². The second-order valence-electron chi connectivity index (χ2n) is 4.27. The van der Waals surface area contributed by atoms with Crippen LogP contribution in [0.5, 0.6) is 0 Å². The van der Waals surface area contributed by atoms with E-state index < -0.39 is 0 Å². The average Bonchev–Trinajstić information content (AvgIpc) is 2.51. The van der Waals surface area contributed by atoms with Crippen LogP contribution in [0.1, 0.15) is 13.8 Å². The minimum atomic E-state index is -0.361. The molecule has 16 heavy (non-hydrogen) atoms. The van der Waals surface area contributed by atoms with Gasteiger partial charge in [0.1, 0.15) is 5.82 Å². The number of aliphatic imine (C=N–C) groups is 1. The lowest BCUT2D eigenvalue weighted by molar-refractivity contribution is 0.604. The Hall–Kier alpha value is -0.740. The van der Waals surface area contributed by atoms with Crippen LogP contribution in [0, 0.1) is 5.82 Å². The van der Waals surface area contributed by atoms with E-state index in [2.05, 4.69) is 10.3 Å². The Morgan fingerprint density at radius 3 is 2.81 bits per heavy atom. The van der Waals surface area contributed by atoms with Crippen LogP contribution in [0.4, 0.5) is 10.1 Å². The minimum absolute atomic E-state index is 0.0735. The summed E-state index contributed by atoms with van der Waals surface area (Å²) in [5.74, 6) is 0.547. The summed E-state index contributed by atoms with van der Waals surface area (Å²) in [5.41, 5.74) is 0.337. The predicted molar refractivity (Wildman–Crippen MR) is 69.0 cm³/mol. The number of nitrogens with one attached hydrogen (secondary N) is 1. The molecule has 0 fully saturated rings. The van der Waals surface area contributed by atoms with Crippen LogP contribution in [-0.4, -0.2) is 16.5 Å². The Bertz CT molecular complexity index is 446. The summed E-state index contributed by atoms with van der Waals surface area (Å²) in [4.78, 5) is 4.45. The Balaban J connectivity index is 2.16. The highest BCUT2D eigenvalue weighted by Gasteiger charge is 2.25. The molecular formula is C11H12ClFN2S. The van der Waals surface area contributed by atoms with Gasteiger partial charge in [-0.3, -0.25) is 4.99 Å². The number of benzene rings is 1. The third-order valence-electron chi connectivity index (χ3n) is 2.14. The van der Waals surface area contributed by atoms with Gasteiger partial charge in [0.25, 0.3) is 0 Å². The molecule has 1 N–H and O–H groups in total. The summed E-state index contributed by atoms with van der Waals surface area (Å²) in [6.07, 6.45) is 0. The summed E-state index contributed by atoms with van der Waals surface area (Å²) in [7, 11) is 0. The fraction of sp³-hybridized carbons (Fsp3) is 0.364. The zero-order valence-corrected chi connectivity index (χ0v) is 10.6. The van der Waals surface area contributed by atoms with Gasteiger partial charge in [-0.15, -0.1) is 0 Å².